The Morgan fingerprint density at radius 3 is 2.83 bits per heavy atom. The van der Waals surface area contributed by atoms with Gasteiger partial charge in [0.25, 0.3) is 11.8 Å². The van der Waals surface area contributed by atoms with Gasteiger partial charge in [0.1, 0.15) is 17.9 Å². The highest BCUT2D eigenvalue weighted by atomic mass is 79.9. The fourth-order valence-electron chi connectivity index (χ4n) is 3.74. The Morgan fingerprint density at radius 1 is 1.38 bits per heavy atom. The molecule has 1 heterocycles. The Labute approximate surface area is 175 Å². The molecule has 3 rings (SSSR count). The molecule has 1 saturated carbocycles. The summed E-state index contributed by atoms with van der Waals surface area (Å²) < 4.78 is 19.1. The summed E-state index contributed by atoms with van der Waals surface area (Å²) in [4.78, 5) is 49.8. The number of urea groups is 1. The standard InChI is InChI=1S/C19H21BrFN3O5/c1-11-4-2-3-7-19(11)17(27)24(18(28)23-19)9-16(26)29-10-15(25)22-14-6-5-12(20)8-13(14)21/h5-6,8,11H,2-4,7,9-10H2,1H3,(H,22,25)(H,23,28)/t11-,19-/m1/s1. The van der Waals surface area contributed by atoms with Crippen LogP contribution in [0.1, 0.15) is 32.6 Å². The molecule has 1 spiro atoms. The minimum atomic E-state index is -0.966. The first-order valence-corrected chi connectivity index (χ1v) is 10.1. The second kappa shape index (κ2) is 8.48. The molecule has 0 bridgehead atoms. The Morgan fingerprint density at radius 2 is 2.14 bits per heavy atom. The van der Waals surface area contributed by atoms with Crippen LogP contribution in [0.15, 0.2) is 22.7 Å². The van der Waals surface area contributed by atoms with Crippen molar-refractivity contribution in [2.24, 2.45) is 5.92 Å². The molecule has 0 unspecified atom stereocenters. The molecule has 0 radical (unpaired) electrons. The average Bonchev–Trinajstić information content (AvgIpc) is 2.90. The molecule has 8 nitrogen and oxygen atoms in total. The number of hydrogen-bond donors (Lipinski definition) is 2. The van der Waals surface area contributed by atoms with Crippen molar-refractivity contribution in [1.82, 2.24) is 10.2 Å². The van der Waals surface area contributed by atoms with Gasteiger partial charge >= 0.3 is 12.0 Å². The molecule has 1 aromatic carbocycles. The van der Waals surface area contributed by atoms with E-state index in [2.05, 4.69) is 26.6 Å². The lowest BCUT2D eigenvalue weighted by Crippen LogP contribution is -2.54. The molecule has 2 atom stereocenters. The van der Waals surface area contributed by atoms with Crippen molar-refractivity contribution in [3.8, 4) is 0 Å². The van der Waals surface area contributed by atoms with Crippen LogP contribution in [0.2, 0.25) is 0 Å². The summed E-state index contributed by atoms with van der Waals surface area (Å²) in [6, 6.07) is 3.45. The molecular weight excluding hydrogens is 449 g/mol. The quantitative estimate of drug-likeness (QED) is 0.509. The van der Waals surface area contributed by atoms with Crippen LogP contribution in [-0.2, 0) is 19.1 Å². The van der Waals surface area contributed by atoms with Gasteiger partial charge < -0.3 is 15.4 Å². The van der Waals surface area contributed by atoms with Crippen molar-refractivity contribution in [2.75, 3.05) is 18.5 Å². The SMILES string of the molecule is C[C@@H]1CCCC[C@@]12NC(=O)N(CC(=O)OCC(=O)Nc1ccc(Br)cc1F)C2=O. The Bertz CT molecular complexity index is 864. The number of imide groups is 1. The fraction of sp³-hybridized carbons (Fsp3) is 0.474. The van der Waals surface area contributed by atoms with Crippen molar-refractivity contribution < 1.29 is 28.3 Å². The van der Waals surface area contributed by atoms with Crippen molar-refractivity contribution in [1.29, 1.82) is 0 Å². The van der Waals surface area contributed by atoms with Gasteiger partial charge in [0, 0.05) is 4.47 Å². The zero-order chi connectivity index (χ0) is 21.2. The summed E-state index contributed by atoms with van der Waals surface area (Å²) in [5.41, 5.74) is -1.02. The van der Waals surface area contributed by atoms with Gasteiger partial charge in [0.2, 0.25) is 0 Å². The maximum atomic E-state index is 13.7. The number of carbonyl (C=O) groups is 4. The van der Waals surface area contributed by atoms with Crippen molar-refractivity contribution in [2.45, 2.75) is 38.1 Å². The van der Waals surface area contributed by atoms with E-state index < -0.39 is 48.3 Å². The van der Waals surface area contributed by atoms with Crippen LogP contribution in [0.5, 0.6) is 0 Å². The average molecular weight is 470 g/mol. The fourth-order valence-corrected chi connectivity index (χ4v) is 4.07. The van der Waals surface area contributed by atoms with Gasteiger partial charge in [0.05, 0.1) is 5.69 Å². The summed E-state index contributed by atoms with van der Waals surface area (Å²) in [6.07, 6.45) is 3.16. The van der Waals surface area contributed by atoms with E-state index in [9.17, 15) is 23.6 Å². The molecular formula is C19H21BrFN3O5. The van der Waals surface area contributed by atoms with Gasteiger partial charge in [-0.3, -0.25) is 19.3 Å². The number of esters is 1. The number of ether oxygens (including phenoxy) is 1. The molecule has 156 valence electrons. The third kappa shape index (κ3) is 4.42. The predicted octanol–water partition coefficient (Wildman–Crippen LogP) is 2.57. The molecule has 0 aromatic heterocycles. The van der Waals surface area contributed by atoms with Crippen LogP contribution in [0, 0.1) is 11.7 Å². The largest absolute Gasteiger partial charge is 0.454 e. The van der Waals surface area contributed by atoms with Crippen LogP contribution in [-0.4, -0.2) is 47.4 Å². The van der Waals surface area contributed by atoms with Gasteiger partial charge in [-0.2, -0.15) is 0 Å². The van der Waals surface area contributed by atoms with Crippen LogP contribution < -0.4 is 10.6 Å². The highest BCUT2D eigenvalue weighted by Gasteiger charge is 2.55. The van der Waals surface area contributed by atoms with Crippen molar-refractivity contribution >= 4 is 45.4 Å². The first-order valence-electron chi connectivity index (χ1n) is 9.27. The maximum Gasteiger partial charge on any atom is 0.326 e. The molecule has 4 amide bonds. The topological polar surface area (TPSA) is 105 Å². The molecule has 1 aliphatic carbocycles. The molecule has 2 aliphatic rings. The summed E-state index contributed by atoms with van der Waals surface area (Å²) in [7, 11) is 0. The van der Waals surface area contributed by atoms with Gasteiger partial charge in [0.15, 0.2) is 6.61 Å². The number of benzene rings is 1. The Kier molecular flexibility index (Phi) is 6.21. The molecule has 1 saturated heterocycles. The molecule has 2 fully saturated rings. The van der Waals surface area contributed by atoms with Crippen LogP contribution in [0.4, 0.5) is 14.9 Å². The van der Waals surface area contributed by atoms with Gasteiger partial charge in [-0.05, 0) is 37.0 Å². The van der Waals surface area contributed by atoms with Gasteiger partial charge in [-0.1, -0.05) is 35.7 Å². The number of halogens is 2. The maximum absolute atomic E-state index is 13.7. The molecule has 1 aliphatic heterocycles. The number of hydrogen-bond acceptors (Lipinski definition) is 5. The number of carbonyl (C=O) groups excluding carboxylic acids is 4. The zero-order valence-corrected chi connectivity index (χ0v) is 17.4. The lowest BCUT2D eigenvalue weighted by atomic mass is 9.73. The second-order valence-electron chi connectivity index (χ2n) is 7.27. The Hall–Kier alpha value is -2.49. The normalized spacial score (nSPS) is 23.8. The Balaban J connectivity index is 1.53. The first kappa shape index (κ1) is 21.2. The summed E-state index contributed by atoms with van der Waals surface area (Å²) in [5, 5.41) is 5.02. The van der Waals surface area contributed by atoms with E-state index in [1.165, 1.54) is 12.1 Å². The molecule has 29 heavy (non-hydrogen) atoms. The van der Waals surface area contributed by atoms with Crippen LogP contribution in [0.3, 0.4) is 0 Å². The van der Waals surface area contributed by atoms with E-state index in [4.69, 9.17) is 4.74 Å². The number of nitrogens with zero attached hydrogens (tertiary/aromatic N) is 1. The highest BCUT2D eigenvalue weighted by Crippen LogP contribution is 2.38. The van der Waals surface area contributed by atoms with Crippen molar-refractivity contribution in [3.63, 3.8) is 0 Å². The lowest BCUT2D eigenvalue weighted by Gasteiger charge is -2.36. The van der Waals surface area contributed by atoms with E-state index in [1.807, 2.05) is 6.92 Å². The smallest absolute Gasteiger partial charge is 0.326 e. The number of nitrogens with one attached hydrogen (secondary N) is 2. The minimum Gasteiger partial charge on any atom is -0.454 e. The number of anilines is 1. The summed E-state index contributed by atoms with van der Waals surface area (Å²) >= 11 is 3.11. The molecule has 2 N–H and O–H groups in total. The lowest BCUT2D eigenvalue weighted by molar-refractivity contribution is -0.150. The highest BCUT2D eigenvalue weighted by molar-refractivity contribution is 9.10. The summed E-state index contributed by atoms with van der Waals surface area (Å²) in [5.74, 6) is -2.76. The van der Waals surface area contributed by atoms with Crippen molar-refractivity contribution in [3.05, 3.63) is 28.5 Å². The third-order valence-corrected chi connectivity index (χ3v) is 5.85. The van der Waals surface area contributed by atoms with E-state index in [0.29, 0.717) is 10.9 Å². The minimum absolute atomic E-state index is 0.0275. The van der Waals surface area contributed by atoms with Crippen LogP contribution >= 0.6 is 15.9 Å². The summed E-state index contributed by atoms with van der Waals surface area (Å²) in [6.45, 7) is 0.656. The van der Waals surface area contributed by atoms with E-state index >= 15 is 0 Å². The third-order valence-electron chi connectivity index (χ3n) is 5.36. The molecule has 1 aromatic rings. The van der Waals surface area contributed by atoms with Gasteiger partial charge in [-0.15, -0.1) is 0 Å². The van der Waals surface area contributed by atoms with E-state index in [-0.39, 0.29) is 11.6 Å². The number of amides is 4. The van der Waals surface area contributed by atoms with E-state index in [0.717, 1.165) is 24.2 Å². The first-order chi connectivity index (χ1) is 13.7. The monoisotopic (exact) mass is 469 g/mol. The van der Waals surface area contributed by atoms with E-state index in [1.54, 1.807) is 6.07 Å². The predicted molar refractivity (Wildman–Crippen MR) is 104 cm³/mol. The molecule has 10 heteroatoms. The number of rotatable bonds is 5. The second-order valence-corrected chi connectivity index (χ2v) is 8.19. The van der Waals surface area contributed by atoms with Crippen LogP contribution in [0.25, 0.3) is 0 Å². The zero-order valence-electron chi connectivity index (χ0n) is 15.8. The van der Waals surface area contributed by atoms with Gasteiger partial charge in [-0.25, -0.2) is 9.18 Å².